The van der Waals surface area contributed by atoms with E-state index in [9.17, 15) is 4.79 Å². The van der Waals surface area contributed by atoms with Gasteiger partial charge >= 0.3 is 0 Å². The lowest BCUT2D eigenvalue weighted by Crippen LogP contribution is -2.30. The highest BCUT2D eigenvalue weighted by Crippen LogP contribution is 2.28. The molecule has 0 bridgehead atoms. The lowest BCUT2D eigenvalue weighted by molar-refractivity contribution is 0.0945. The highest BCUT2D eigenvalue weighted by molar-refractivity contribution is 6.30. The van der Waals surface area contributed by atoms with Crippen molar-refractivity contribution in [2.75, 3.05) is 6.54 Å². The number of hydrogen-bond acceptors (Lipinski definition) is 4. The van der Waals surface area contributed by atoms with Crippen molar-refractivity contribution in [3.05, 3.63) is 119 Å². The van der Waals surface area contributed by atoms with Crippen LogP contribution in [0.2, 0.25) is 5.02 Å². The number of ketones is 1. The quantitative estimate of drug-likeness (QED) is 0.274. The van der Waals surface area contributed by atoms with E-state index in [2.05, 4.69) is 20.3 Å². The number of hydrogen-bond donors (Lipinski definition) is 2. The van der Waals surface area contributed by atoms with Gasteiger partial charge in [-0.1, -0.05) is 66.2 Å². The van der Waals surface area contributed by atoms with Gasteiger partial charge in [0.1, 0.15) is 6.33 Å². The summed E-state index contributed by atoms with van der Waals surface area (Å²) in [5, 5.41) is 5.09. The molecule has 2 N–H and O–H groups in total. The lowest BCUT2D eigenvalue weighted by Gasteiger charge is -2.18. The molecule has 2 heterocycles. The number of nitrogens with zero attached hydrogens (tertiary/aromatic N) is 2. The number of fused-ring (bicyclic) bond motifs is 1. The summed E-state index contributed by atoms with van der Waals surface area (Å²) in [5.41, 5.74) is 5.47. The number of Topliss-reactive ketones (excluding diaryl/α,β-unsaturated/α-hetero) is 1. The van der Waals surface area contributed by atoms with E-state index in [1.54, 1.807) is 12.4 Å². The van der Waals surface area contributed by atoms with Crippen molar-refractivity contribution in [1.29, 1.82) is 0 Å². The van der Waals surface area contributed by atoms with E-state index in [4.69, 9.17) is 11.6 Å². The molecule has 3 aromatic carbocycles. The largest absolute Gasteiger partial charge is 0.360 e. The van der Waals surface area contributed by atoms with Crippen molar-refractivity contribution in [2.45, 2.75) is 12.5 Å². The number of carbonyl (C=O) groups is 1. The summed E-state index contributed by atoms with van der Waals surface area (Å²) >= 11 is 6.00. The highest BCUT2D eigenvalue weighted by Gasteiger charge is 2.24. The number of carbonyl (C=O) groups excluding carboxylic acids is 1. The van der Waals surface area contributed by atoms with Gasteiger partial charge in [-0.15, -0.1) is 0 Å². The van der Waals surface area contributed by atoms with Crippen molar-refractivity contribution in [3.8, 4) is 11.3 Å². The van der Waals surface area contributed by atoms with Gasteiger partial charge in [-0.2, -0.15) is 0 Å². The van der Waals surface area contributed by atoms with Gasteiger partial charge in [-0.3, -0.25) is 4.79 Å². The molecule has 0 amide bonds. The molecule has 0 aliphatic heterocycles. The van der Waals surface area contributed by atoms with Crippen molar-refractivity contribution >= 4 is 28.3 Å². The van der Waals surface area contributed by atoms with E-state index in [0.29, 0.717) is 12.1 Å². The first-order valence-electron chi connectivity index (χ1n) is 11.1. The summed E-state index contributed by atoms with van der Waals surface area (Å²) in [5.74, 6) is 0.0309. The minimum atomic E-state index is -0.450. The van der Waals surface area contributed by atoms with Crippen LogP contribution < -0.4 is 5.32 Å². The van der Waals surface area contributed by atoms with Gasteiger partial charge < -0.3 is 10.3 Å². The second-order valence-corrected chi connectivity index (χ2v) is 8.53. The Morgan fingerprint density at radius 2 is 1.82 bits per heavy atom. The monoisotopic (exact) mass is 466 g/mol. The fourth-order valence-corrected chi connectivity index (χ4v) is 4.25. The molecule has 0 aliphatic carbocycles. The standard InChI is InChI=1S/C28H23ClN4O/c29-22-9-6-19(7-10-22)12-15-31-27(20-4-2-1-3-5-20)28(34)24-17-32-26-16-21(8-11-23(24)26)25-13-14-30-18-33-25/h1-11,13-14,16-18,27,31-32H,12,15H2. The fraction of sp³-hybridized carbons (Fsp3) is 0.107. The summed E-state index contributed by atoms with van der Waals surface area (Å²) in [6.45, 7) is 0.660. The molecule has 0 saturated carbocycles. The van der Waals surface area contributed by atoms with Crippen molar-refractivity contribution in [3.63, 3.8) is 0 Å². The summed E-state index contributed by atoms with van der Waals surface area (Å²) in [6.07, 6.45) is 5.84. The Balaban J connectivity index is 1.40. The van der Waals surface area contributed by atoms with Crippen molar-refractivity contribution < 1.29 is 4.79 Å². The van der Waals surface area contributed by atoms with E-state index < -0.39 is 6.04 Å². The molecular formula is C28H23ClN4O. The number of nitrogens with one attached hydrogen (secondary N) is 2. The van der Waals surface area contributed by atoms with E-state index in [1.807, 2.05) is 78.9 Å². The first-order chi connectivity index (χ1) is 16.7. The summed E-state index contributed by atoms with van der Waals surface area (Å²) < 4.78 is 0. The molecular weight excluding hydrogens is 444 g/mol. The molecule has 1 atom stereocenters. The van der Waals surface area contributed by atoms with Gasteiger partial charge in [-0.25, -0.2) is 9.97 Å². The first-order valence-corrected chi connectivity index (χ1v) is 11.5. The van der Waals surface area contributed by atoms with Crippen LogP contribution in [0.1, 0.15) is 27.5 Å². The lowest BCUT2D eigenvalue weighted by atomic mass is 9.96. The zero-order valence-corrected chi connectivity index (χ0v) is 19.2. The minimum Gasteiger partial charge on any atom is -0.360 e. The van der Waals surface area contributed by atoms with Crippen LogP contribution in [0.15, 0.2) is 97.6 Å². The maximum atomic E-state index is 13.7. The molecule has 0 fully saturated rings. The molecule has 0 radical (unpaired) electrons. The van der Waals surface area contributed by atoms with Crippen LogP contribution in [0.3, 0.4) is 0 Å². The number of aromatic amines is 1. The number of rotatable bonds is 8. The third-order valence-electron chi connectivity index (χ3n) is 5.90. The Kier molecular flexibility index (Phi) is 6.47. The topological polar surface area (TPSA) is 70.7 Å². The van der Waals surface area contributed by atoms with Crippen LogP contribution in [0.5, 0.6) is 0 Å². The molecule has 0 spiro atoms. The molecule has 2 aromatic heterocycles. The Morgan fingerprint density at radius 3 is 2.59 bits per heavy atom. The second kappa shape index (κ2) is 10.00. The van der Waals surface area contributed by atoms with Crippen LogP contribution >= 0.6 is 11.6 Å². The zero-order chi connectivity index (χ0) is 23.3. The van der Waals surface area contributed by atoms with E-state index in [0.717, 1.165) is 39.2 Å². The third kappa shape index (κ3) is 4.76. The normalized spacial score (nSPS) is 12.0. The van der Waals surface area contributed by atoms with Gasteiger partial charge in [0, 0.05) is 46.0 Å². The van der Waals surface area contributed by atoms with Crippen LogP contribution in [-0.2, 0) is 6.42 Å². The van der Waals surface area contributed by atoms with Crippen LogP contribution in [-0.4, -0.2) is 27.3 Å². The summed E-state index contributed by atoms with van der Waals surface area (Å²) in [4.78, 5) is 25.3. The third-order valence-corrected chi connectivity index (χ3v) is 6.15. The van der Waals surface area contributed by atoms with E-state index >= 15 is 0 Å². The predicted molar refractivity (Wildman–Crippen MR) is 136 cm³/mol. The SMILES string of the molecule is O=C(c1c[nH]c2cc(-c3ccncn3)ccc12)C(NCCc1ccc(Cl)cc1)c1ccccc1. The molecule has 34 heavy (non-hydrogen) atoms. The number of halogens is 1. The molecule has 1 unspecified atom stereocenters. The van der Waals surface area contributed by atoms with Crippen molar-refractivity contribution in [2.24, 2.45) is 0 Å². The van der Waals surface area contributed by atoms with Crippen molar-refractivity contribution in [1.82, 2.24) is 20.3 Å². The van der Waals surface area contributed by atoms with Gasteiger partial charge in [0.2, 0.25) is 0 Å². The zero-order valence-electron chi connectivity index (χ0n) is 18.4. The Morgan fingerprint density at radius 1 is 1.00 bits per heavy atom. The summed E-state index contributed by atoms with van der Waals surface area (Å²) in [6, 6.07) is 25.0. The molecule has 5 aromatic rings. The molecule has 0 aliphatic rings. The number of H-pyrrole nitrogens is 1. The Hall–Kier alpha value is -3.80. The maximum Gasteiger partial charge on any atom is 0.186 e. The van der Waals surface area contributed by atoms with Gasteiger partial charge in [0.25, 0.3) is 0 Å². The second-order valence-electron chi connectivity index (χ2n) is 8.10. The van der Waals surface area contributed by atoms with Crippen LogP contribution in [0.4, 0.5) is 0 Å². The predicted octanol–water partition coefficient (Wildman–Crippen LogP) is 6.03. The van der Waals surface area contributed by atoms with Crippen LogP contribution in [0, 0.1) is 0 Å². The average molecular weight is 467 g/mol. The molecule has 6 heteroatoms. The molecule has 168 valence electrons. The fourth-order valence-electron chi connectivity index (χ4n) is 4.13. The summed E-state index contributed by atoms with van der Waals surface area (Å²) in [7, 11) is 0. The van der Waals surface area contributed by atoms with Gasteiger partial charge in [-0.05, 0) is 41.8 Å². The molecule has 0 saturated heterocycles. The molecule has 5 rings (SSSR count). The van der Waals surface area contributed by atoms with Gasteiger partial charge in [0.15, 0.2) is 5.78 Å². The number of benzene rings is 3. The smallest absolute Gasteiger partial charge is 0.186 e. The highest BCUT2D eigenvalue weighted by atomic mass is 35.5. The van der Waals surface area contributed by atoms with E-state index in [1.165, 1.54) is 11.9 Å². The van der Waals surface area contributed by atoms with E-state index in [-0.39, 0.29) is 5.78 Å². The molecule has 5 nitrogen and oxygen atoms in total. The Bertz CT molecular complexity index is 1400. The average Bonchev–Trinajstić information content (AvgIpc) is 3.32. The maximum absolute atomic E-state index is 13.7. The minimum absolute atomic E-state index is 0.0309. The number of aromatic nitrogens is 3. The van der Waals surface area contributed by atoms with Crippen LogP contribution in [0.25, 0.3) is 22.2 Å². The first kappa shape index (κ1) is 22.0. The Labute approximate surface area is 202 Å². The van der Waals surface area contributed by atoms with Gasteiger partial charge in [0.05, 0.1) is 11.7 Å².